The molecule has 19 nitrogen and oxygen atoms in total. The molecule has 5 aromatic rings. The Balaban J connectivity index is 0.796. The molecule has 8 rings (SSSR count). The highest BCUT2D eigenvalue weighted by atomic mass is 19.1. The monoisotopic (exact) mass is 1060 g/mol. The lowest BCUT2D eigenvalue weighted by Gasteiger charge is -2.41. The van der Waals surface area contributed by atoms with Gasteiger partial charge < -0.3 is 55.3 Å². The van der Waals surface area contributed by atoms with Crippen molar-refractivity contribution in [2.75, 3.05) is 65.0 Å². The van der Waals surface area contributed by atoms with Gasteiger partial charge in [-0.3, -0.25) is 24.0 Å². The zero-order valence-electron chi connectivity index (χ0n) is 45.2. The fourth-order valence-corrected chi connectivity index (χ4v) is 10.0. The number of carbonyl (C=O) groups is 5. The molecular formula is C57H73FN10O9. The molecule has 0 fully saturated rings. The van der Waals surface area contributed by atoms with Gasteiger partial charge in [0.25, 0.3) is 5.91 Å². The van der Waals surface area contributed by atoms with E-state index in [0.717, 1.165) is 36.0 Å². The quantitative estimate of drug-likeness (QED) is 0.0650. The Morgan fingerprint density at radius 3 is 2.51 bits per heavy atom. The normalized spacial score (nSPS) is 19.2. The van der Waals surface area contributed by atoms with E-state index >= 15 is 0 Å². The number of halogens is 1. The van der Waals surface area contributed by atoms with Gasteiger partial charge in [0.05, 0.1) is 57.3 Å². The van der Waals surface area contributed by atoms with Gasteiger partial charge in [0.2, 0.25) is 23.6 Å². The van der Waals surface area contributed by atoms with Crippen LogP contribution in [0.25, 0.3) is 5.65 Å². The van der Waals surface area contributed by atoms with Crippen LogP contribution in [0.5, 0.6) is 11.5 Å². The Hall–Kier alpha value is -7.16. The predicted octanol–water partition coefficient (Wildman–Crippen LogP) is 5.47. The third-order valence-corrected chi connectivity index (χ3v) is 14.3. The van der Waals surface area contributed by atoms with Gasteiger partial charge in [-0.1, -0.05) is 51.1 Å². The summed E-state index contributed by atoms with van der Waals surface area (Å²) in [6.07, 6.45) is 5.77. The number of rotatable bonds is 19. The molecule has 6 atom stereocenters. The summed E-state index contributed by atoms with van der Waals surface area (Å²) in [6.45, 7) is 13.0. The Bertz CT molecular complexity index is 2910. The van der Waals surface area contributed by atoms with Crippen LogP contribution in [0.1, 0.15) is 111 Å². The SMILES string of the molecule is CN[C@H](C)C(=O)N[C@@H](C(=O)N1Cc2cc(OCCOCCOCCC(=O)NCCN3C[C@H](C)Oc4ccc(F)cc4[C@H](C)Nc4ccn5ncc(c5n4)C3=O)ccc2C[C@@H]1C(=O)N[C@H]1CCCc2ccccc21)C(C)(C)C. The van der Waals surface area contributed by atoms with Crippen LogP contribution in [0.4, 0.5) is 10.2 Å². The molecule has 3 aromatic carbocycles. The fraction of sp³-hybridized carbons (Fsp3) is 0.491. The minimum Gasteiger partial charge on any atom is -0.491 e. The molecular weight excluding hydrogens is 988 g/mol. The van der Waals surface area contributed by atoms with E-state index < -0.39 is 35.5 Å². The molecule has 412 valence electrons. The van der Waals surface area contributed by atoms with Gasteiger partial charge >= 0.3 is 0 Å². The maximum Gasteiger partial charge on any atom is 0.259 e. The van der Waals surface area contributed by atoms with Crippen molar-refractivity contribution in [3.05, 3.63) is 118 Å². The van der Waals surface area contributed by atoms with Gasteiger partial charge in [-0.2, -0.15) is 5.10 Å². The second-order valence-electron chi connectivity index (χ2n) is 21.1. The number of likely N-dealkylation sites (N-methyl/N-ethyl adjacent to an activating group) is 1. The van der Waals surface area contributed by atoms with E-state index in [1.165, 1.54) is 28.4 Å². The van der Waals surface area contributed by atoms with Crippen LogP contribution >= 0.6 is 0 Å². The zero-order valence-corrected chi connectivity index (χ0v) is 45.2. The van der Waals surface area contributed by atoms with E-state index in [9.17, 15) is 28.4 Å². The molecule has 1 aliphatic carbocycles. The minimum absolute atomic E-state index is 0.0959. The second-order valence-corrected chi connectivity index (χ2v) is 21.1. The van der Waals surface area contributed by atoms with E-state index in [1.54, 1.807) is 42.1 Å². The van der Waals surface area contributed by atoms with Crippen molar-refractivity contribution in [3.63, 3.8) is 0 Å². The van der Waals surface area contributed by atoms with E-state index in [-0.39, 0.29) is 113 Å². The topological polar surface area (TPSA) is 219 Å². The van der Waals surface area contributed by atoms with E-state index in [0.29, 0.717) is 34.9 Å². The van der Waals surface area contributed by atoms with Gasteiger partial charge in [-0.25, -0.2) is 13.9 Å². The number of hydrogen-bond donors (Lipinski definition) is 5. The number of amides is 5. The number of fused-ring (bicyclic) bond motifs is 4. The molecule has 2 aliphatic heterocycles. The summed E-state index contributed by atoms with van der Waals surface area (Å²) >= 11 is 0. The molecule has 4 heterocycles. The highest BCUT2D eigenvalue weighted by Crippen LogP contribution is 2.34. The molecule has 77 heavy (non-hydrogen) atoms. The number of hydrogen-bond acceptors (Lipinski definition) is 13. The number of aryl methyl sites for hydroxylation is 1. The molecule has 3 aliphatic rings. The summed E-state index contributed by atoms with van der Waals surface area (Å²) < 4.78 is 39.7. The van der Waals surface area contributed by atoms with Crippen LogP contribution in [0.15, 0.2) is 79.1 Å². The summed E-state index contributed by atoms with van der Waals surface area (Å²) in [5, 5.41) is 19.7. The Labute approximate surface area is 449 Å². The number of anilines is 1. The largest absolute Gasteiger partial charge is 0.491 e. The third-order valence-electron chi connectivity index (χ3n) is 14.3. The molecule has 2 bridgehead atoms. The van der Waals surface area contributed by atoms with Crippen molar-refractivity contribution in [3.8, 4) is 11.5 Å². The van der Waals surface area contributed by atoms with Crippen LogP contribution in [-0.4, -0.2) is 138 Å². The van der Waals surface area contributed by atoms with E-state index in [2.05, 4.69) is 48.8 Å². The lowest BCUT2D eigenvalue weighted by Crippen LogP contribution is -2.62. The van der Waals surface area contributed by atoms with Gasteiger partial charge in [-0.15, -0.1) is 0 Å². The molecule has 0 radical (unpaired) electrons. The maximum absolute atomic E-state index is 14.7. The summed E-state index contributed by atoms with van der Waals surface area (Å²) in [6, 6.07) is 17.1. The molecule has 0 saturated carbocycles. The minimum atomic E-state index is -0.902. The molecule has 0 spiro atoms. The highest BCUT2D eigenvalue weighted by molar-refractivity contribution is 6.00. The molecule has 20 heteroatoms. The van der Waals surface area contributed by atoms with Crippen molar-refractivity contribution >= 4 is 41.0 Å². The summed E-state index contributed by atoms with van der Waals surface area (Å²) in [7, 11) is 1.69. The average molecular weight is 1060 g/mol. The number of ether oxygens (including phenoxy) is 4. The summed E-state index contributed by atoms with van der Waals surface area (Å²) in [5.41, 5.74) is 4.68. The number of aromatic nitrogens is 3. The summed E-state index contributed by atoms with van der Waals surface area (Å²) in [4.78, 5) is 77.0. The first-order valence-corrected chi connectivity index (χ1v) is 26.7. The van der Waals surface area contributed by atoms with Crippen LogP contribution in [0.3, 0.4) is 0 Å². The van der Waals surface area contributed by atoms with Gasteiger partial charge in [0, 0.05) is 44.2 Å². The number of benzene rings is 3. The molecule has 0 saturated heterocycles. The fourth-order valence-electron chi connectivity index (χ4n) is 10.0. The van der Waals surface area contributed by atoms with E-state index in [1.807, 2.05) is 65.0 Å². The Kier molecular flexibility index (Phi) is 18.4. The number of carbonyl (C=O) groups excluding carboxylic acids is 5. The first kappa shape index (κ1) is 56.1. The summed E-state index contributed by atoms with van der Waals surface area (Å²) in [5.74, 6) is -0.322. The van der Waals surface area contributed by atoms with Gasteiger partial charge in [0.1, 0.15) is 53.5 Å². The molecule has 5 N–H and O–H groups in total. The van der Waals surface area contributed by atoms with Crippen LogP contribution in [-0.2, 0) is 48.0 Å². The van der Waals surface area contributed by atoms with Gasteiger partial charge in [-0.05, 0) is 111 Å². The average Bonchev–Trinajstić information content (AvgIpc) is 3.83. The van der Waals surface area contributed by atoms with Crippen molar-refractivity contribution in [1.29, 1.82) is 0 Å². The lowest BCUT2D eigenvalue weighted by atomic mass is 9.83. The van der Waals surface area contributed by atoms with Crippen LogP contribution < -0.4 is 36.1 Å². The highest BCUT2D eigenvalue weighted by Gasteiger charge is 2.43. The molecule has 5 amide bonds. The zero-order chi connectivity index (χ0) is 54.8. The first-order chi connectivity index (χ1) is 37.0. The van der Waals surface area contributed by atoms with Crippen LogP contribution in [0.2, 0.25) is 0 Å². The standard InChI is InChI=1S/C57H73FN10O9/c1-35-33-66(55(72)45-32-61-68-22-19-49(64-52(45)68)62-36(2)44-31-41(58)16-18-48(44)77-35)23-21-60-50(69)20-24-74-25-26-75-27-28-76-42-17-15-39-30-47(54(71)63-46-14-10-12-38-11-8-9-13-43(38)46)67(34-40(39)29-42)56(73)51(57(4,5)6)65-53(70)37(3)59-7/h8-9,11,13,15-19,22,29,31-32,35-37,46-47,51,59H,10,12,14,20-21,23-28,30,33-34H2,1-7H3,(H,60,69)(H,62,64)(H,63,71)(H,65,70)/t35-,36-,37+,46-,47+,51-/m0/s1. The van der Waals surface area contributed by atoms with Crippen molar-refractivity contribution < 1.29 is 47.3 Å². The second kappa shape index (κ2) is 25.3. The Morgan fingerprint density at radius 1 is 0.935 bits per heavy atom. The predicted molar refractivity (Wildman–Crippen MR) is 287 cm³/mol. The van der Waals surface area contributed by atoms with Crippen molar-refractivity contribution in [2.24, 2.45) is 5.41 Å². The first-order valence-electron chi connectivity index (χ1n) is 26.7. The molecule has 0 unspecified atom stereocenters. The number of nitrogens with one attached hydrogen (secondary N) is 5. The smallest absolute Gasteiger partial charge is 0.259 e. The van der Waals surface area contributed by atoms with Crippen molar-refractivity contribution in [2.45, 2.75) is 117 Å². The Morgan fingerprint density at radius 2 is 1.71 bits per heavy atom. The lowest BCUT2D eigenvalue weighted by molar-refractivity contribution is -0.147. The van der Waals surface area contributed by atoms with Crippen molar-refractivity contribution in [1.82, 2.24) is 45.7 Å². The maximum atomic E-state index is 14.7. The number of nitrogens with zero attached hydrogens (tertiary/aromatic N) is 5. The van der Waals surface area contributed by atoms with Crippen LogP contribution in [0, 0.1) is 11.2 Å². The third kappa shape index (κ3) is 14.1. The van der Waals surface area contributed by atoms with Gasteiger partial charge in [0.15, 0.2) is 5.65 Å². The molecule has 2 aromatic heterocycles. The van der Waals surface area contributed by atoms with E-state index in [4.69, 9.17) is 18.9 Å².